The van der Waals surface area contributed by atoms with E-state index in [1.807, 2.05) is 18.2 Å². The van der Waals surface area contributed by atoms with E-state index >= 15 is 0 Å². The molecule has 1 saturated heterocycles. The second-order valence-corrected chi connectivity index (χ2v) is 6.46. The lowest BCUT2D eigenvalue weighted by atomic mass is 10.0. The molecule has 0 N–H and O–H groups in total. The second-order valence-electron chi connectivity index (χ2n) is 5.67. The number of rotatable bonds is 6. The molecule has 0 spiro atoms. The monoisotopic (exact) mass is 378 g/mol. The highest BCUT2D eigenvalue weighted by atomic mass is 35.5. The molecule has 0 amide bonds. The highest BCUT2D eigenvalue weighted by molar-refractivity contribution is 6.42. The summed E-state index contributed by atoms with van der Waals surface area (Å²) in [6, 6.07) is 13.4. The Morgan fingerprint density at radius 3 is 2.64 bits per heavy atom. The fraction of sp³-hybridized carbons (Fsp3) is 0.316. The highest BCUT2D eigenvalue weighted by Gasteiger charge is 2.18. The minimum Gasteiger partial charge on any atom is -0.491 e. The van der Waals surface area contributed by atoms with Crippen LogP contribution < -0.4 is 4.74 Å². The van der Waals surface area contributed by atoms with Crippen molar-refractivity contribution in [2.24, 2.45) is 0 Å². The lowest BCUT2D eigenvalue weighted by Gasteiger charge is -2.26. The molecule has 6 heteroatoms. The normalized spacial score (nSPS) is 15.1. The molecule has 1 radical (unpaired) electrons. The summed E-state index contributed by atoms with van der Waals surface area (Å²) in [4.78, 5) is 15.0. The minimum absolute atomic E-state index is 0.170. The van der Waals surface area contributed by atoms with E-state index in [4.69, 9.17) is 32.7 Å². The van der Waals surface area contributed by atoms with E-state index in [1.165, 1.54) is 0 Å². The zero-order valence-electron chi connectivity index (χ0n) is 13.6. The SMILES string of the molecule is O=C(c1ccccc1)c1cc(Cl)c(Cl)[c]c1OCCN1CCOCC1. The van der Waals surface area contributed by atoms with Gasteiger partial charge in [-0.15, -0.1) is 0 Å². The van der Waals surface area contributed by atoms with Gasteiger partial charge in [0.15, 0.2) is 5.78 Å². The maximum absolute atomic E-state index is 12.8. The third-order valence-corrected chi connectivity index (χ3v) is 4.68. The van der Waals surface area contributed by atoms with E-state index in [1.54, 1.807) is 18.2 Å². The summed E-state index contributed by atoms with van der Waals surface area (Å²) < 4.78 is 11.1. The predicted molar refractivity (Wildman–Crippen MR) is 97.9 cm³/mol. The van der Waals surface area contributed by atoms with Gasteiger partial charge in [0.05, 0.1) is 34.9 Å². The summed E-state index contributed by atoms with van der Waals surface area (Å²) in [5.74, 6) is 0.160. The summed E-state index contributed by atoms with van der Waals surface area (Å²) in [6.07, 6.45) is 0. The first-order valence-electron chi connectivity index (χ1n) is 8.09. The molecule has 25 heavy (non-hydrogen) atoms. The number of ether oxygens (including phenoxy) is 2. The van der Waals surface area contributed by atoms with Gasteiger partial charge in [-0.2, -0.15) is 0 Å². The van der Waals surface area contributed by atoms with Crippen LogP contribution in [0.15, 0.2) is 36.4 Å². The van der Waals surface area contributed by atoms with Gasteiger partial charge in [0.2, 0.25) is 0 Å². The van der Waals surface area contributed by atoms with E-state index in [2.05, 4.69) is 11.0 Å². The van der Waals surface area contributed by atoms with Gasteiger partial charge in [-0.05, 0) is 6.07 Å². The van der Waals surface area contributed by atoms with Gasteiger partial charge in [0.25, 0.3) is 0 Å². The number of morpholine rings is 1. The number of nitrogens with zero attached hydrogens (tertiary/aromatic N) is 1. The summed E-state index contributed by atoms with van der Waals surface area (Å²) in [5, 5.41) is 0.522. The predicted octanol–water partition coefficient (Wildman–Crippen LogP) is 3.74. The van der Waals surface area contributed by atoms with E-state index in [-0.39, 0.29) is 15.8 Å². The average molecular weight is 379 g/mol. The Labute approximate surface area is 157 Å². The number of hydrogen-bond donors (Lipinski definition) is 0. The van der Waals surface area contributed by atoms with Gasteiger partial charge in [-0.1, -0.05) is 53.5 Å². The van der Waals surface area contributed by atoms with Crippen LogP contribution in [0.2, 0.25) is 10.0 Å². The molecule has 1 aliphatic heterocycles. The van der Waals surface area contributed by atoms with Gasteiger partial charge in [0.1, 0.15) is 12.4 Å². The van der Waals surface area contributed by atoms with Crippen molar-refractivity contribution in [2.75, 3.05) is 39.5 Å². The number of halogens is 2. The first-order valence-corrected chi connectivity index (χ1v) is 8.84. The van der Waals surface area contributed by atoms with Crippen LogP contribution in [0.3, 0.4) is 0 Å². The van der Waals surface area contributed by atoms with Crippen LogP contribution in [-0.4, -0.2) is 50.1 Å². The maximum atomic E-state index is 12.8. The summed E-state index contributed by atoms with van der Waals surface area (Å²) in [6.45, 7) is 4.40. The van der Waals surface area contributed by atoms with E-state index < -0.39 is 0 Å². The highest BCUT2D eigenvalue weighted by Crippen LogP contribution is 2.31. The van der Waals surface area contributed by atoms with Gasteiger partial charge >= 0.3 is 0 Å². The fourth-order valence-electron chi connectivity index (χ4n) is 2.61. The van der Waals surface area contributed by atoms with Crippen LogP contribution >= 0.6 is 23.2 Å². The Bertz CT molecular complexity index is 731. The van der Waals surface area contributed by atoms with Gasteiger partial charge < -0.3 is 9.47 Å². The lowest BCUT2D eigenvalue weighted by Crippen LogP contribution is -2.38. The third kappa shape index (κ3) is 4.73. The fourth-order valence-corrected chi connectivity index (χ4v) is 2.91. The number of carbonyl (C=O) groups excluding carboxylic acids is 1. The number of benzene rings is 2. The van der Waals surface area contributed by atoms with Crippen LogP contribution in [0.4, 0.5) is 0 Å². The summed E-state index contributed by atoms with van der Waals surface area (Å²) in [7, 11) is 0. The molecule has 3 rings (SSSR count). The molecule has 0 saturated carbocycles. The van der Waals surface area contributed by atoms with Crippen molar-refractivity contribution in [3.63, 3.8) is 0 Å². The van der Waals surface area contributed by atoms with Crippen molar-refractivity contribution >= 4 is 29.0 Å². The van der Waals surface area contributed by atoms with Crippen molar-refractivity contribution in [2.45, 2.75) is 0 Å². The molecule has 0 aliphatic carbocycles. The molecule has 4 nitrogen and oxygen atoms in total. The standard InChI is InChI=1S/C19H18Cl2NO3/c20-16-12-15(19(23)14-4-2-1-3-5-14)18(13-17(16)21)25-11-8-22-6-9-24-10-7-22/h1-5,12H,6-11H2. The molecule has 1 fully saturated rings. The van der Waals surface area contributed by atoms with E-state index in [9.17, 15) is 4.79 Å². The maximum Gasteiger partial charge on any atom is 0.196 e. The van der Waals surface area contributed by atoms with Gasteiger partial charge in [0, 0.05) is 25.2 Å². The van der Waals surface area contributed by atoms with Gasteiger partial charge in [-0.25, -0.2) is 0 Å². The van der Waals surface area contributed by atoms with Crippen LogP contribution in [0, 0.1) is 6.07 Å². The number of ketones is 1. The van der Waals surface area contributed by atoms with Crippen LogP contribution in [0.5, 0.6) is 5.75 Å². The first kappa shape index (κ1) is 18.2. The Hall–Kier alpha value is -1.59. The van der Waals surface area contributed by atoms with Crippen molar-refractivity contribution in [1.82, 2.24) is 4.90 Å². The van der Waals surface area contributed by atoms with Gasteiger partial charge in [-0.3, -0.25) is 9.69 Å². The number of hydrogen-bond acceptors (Lipinski definition) is 4. The molecule has 1 heterocycles. The average Bonchev–Trinajstić information content (AvgIpc) is 2.65. The summed E-state index contributed by atoms with van der Waals surface area (Å²) in [5.41, 5.74) is 0.926. The van der Waals surface area contributed by atoms with Crippen LogP contribution in [0.1, 0.15) is 15.9 Å². The van der Waals surface area contributed by atoms with Crippen molar-refractivity contribution in [3.8, 4) is 5.75 Å². The van der Waals surface area contributed by atoms with E-state index in [0.717, 1.165) is 32.8 Å². The second kappa shape index (κ2) is 8.68. The van der Waals surface area contributed by atoms with Crippen LogP contribution in [0.25, 0.3) is 0 Å². The zero-order chi connectivity index (χ0) is 17.6. The molecular formula is C19H18Cl2NO3. The molecule has 131 valence electrons. The Kier molecular flexibility index (Phi) is 6.32. The smallest absolute Gasteiger partial charge is 0.196 e. The Morgan fingerprint density at radius 2 is 1.92 bits per heavy atom. The van der Waals surface area contributed by atoms with Crippen molar-refractivity contribution < 1.29 is 14.3 Å². The van der Waals surface area contributed by atoms with Crippen molar-refractivity contribution in [1.29, 1.82) is 0 Å². The first-order chi connectivity index (χ1) is 12.1. The van der Waals surface area contributed by atoms with E-state index in [0.29, 0.717) is 23.5 Å². The lowest BCUT2D eigenvalue weighted by molar-refractivity contribution is 0.0322. The largest absolute Gasteiger partial charge is 0.491 e. The minimum atomic E-state index is -0.170. The Balaban J connectivity index is 1.75. The molecule has 2 aromatic rings. The molecule has 2 aromatic carbocycles. The Morgan fingerprint density at radius 1 is 1.20 bits per heavy atom. The van der Waals surface area contributed by atoms with Crippen molar-refractivity contribution in [3.05, 3.63) is 63.6 Å². The molecule has 1 aliphatic rings. The van der Waals surface area contributed by atoms with Crippen LogP contribution in [-0.2, 0) is 4.74 Å². The zero-order valence-corrected chi connectivity index (χ0v) is 15.1. The molecule has 0 atom stereocenters. The molecule has 0 aromatic heterocycles. The molecular weight excluding hydrogens is 361 g/mol. The topological polar surface area (TPSA) is 38.8 Å². The summed E-state index contributed by atoms with van der Waals surface area (Å²) >= 11 is 12.1. The molecule has 0 unspecified atom stereocenters. The molecule has 0 bridgehead atoms. The third-order valence-electron chi connectivity index (χ3n) is 3.99. The number of carbonyl (C=O) groups is 1. The quantitative estimate of drug-likeness (QED) is 0.717.